The molecular weight excluding hydrogens is 320 g/mol. The molecule has 0 saturated heterocycles. The number of carbonyl (C=O) groups excluding carboxylic acids is 1. The summed E-state index contributed by atoms with van der Waals surface area (Å²) in [6, 6.07) is 0. The smallest absolute Gasteiger partial charge is 0.139 e. The van der Waals surface area contributed by atoms with Crippen LogP contribution >= 0.6 is 0 Å². The zero-order valence-corrected chi connectivity index (χ0v) is 16.9. The molecule has 2 heteroatoms. The molecule has 0 bridgehead atoms. The minimum Gasteiger partial charge on any atom is -0.498 e. The SMILES string of the molecule is C.CC.CCOC1=CC2=CCC3C4CCC(=O)C4(C)CCC3C2(C)CC1. The van der Waals surface area contributed by atoms with Crippen molar-refractivity contribution in [2.45, 2.75) is 87.0 Å². The fourth-order valence-electron chi connectivity index (χ4n) is 6.37. The molecule has 26 heavy (non-hydrogen) atoms. The highest BCUT2D eigenvalue weighted by molar-refractivity contribution is 5.87. The first-order chi connectivity index (χ1) is 12.0. The molecule has 2 fully saturated rings. The Balaban J connectivity index is 0.000000784. The summed E-state index contributed by atoms with van der Waals surface area (Å²) in [6.07, 6.45) is 12.6. The average Bonchev–Trinajstić information content (AvgIpc) is 2.92. The highest BCUT2D eigenvalue weighted by Gasteiger charge is 2.58. The predicted octanol–water partition coefficient (Wildman–Crippen LogP) is 6.71. The van der Waals surface area contributed by atoms with E-state index in [9.17, 15) is 4.79 Å². The van der Waals surface area contributed by atoms with E-state index in [1.165, 1.54) is 30.6 Å². The summed E-state index contributed by atoms with van der Waals surface area (Å²) in [6.45, 7) is 11.6. The van der Waals surface area contributed by atoms with Crippen LogP contribution in [0.1, 0.15) is 87.0 Å². The molecule has 2 saturated carbocycles. The normalized spacial score (nSPS) is 40.5. The molecule has 0 aliphatic heterocycles. The van der Waals surface area contributed by atoms with Gasteiger partial charge in [-0.15, -0.1) is 0 Å². The number of ketones is 1. The van der Waals surface area contributed by atoms with Crippen LogP contribution in [0, 0.1) is 28.6 Å². The molecule has 4 aliphatic rings. The minimum absolute atomic E-state index is 0. The third-order valence-electron chi connectivity index (χ3n) is 7.77. The maximum Gasteiger partial charge on any atom is 0.139 e. The molecule has 4 rings (SSSR count). The highest BCUT2D eigenvalue weighted by atomic mass is 16.5. The van der Waals surface area contributed by atoms with Crippen LogP contribution in [0.5, 0.6) is 0 Å². The average molecular weight is 361 g/mol. The molecule has 0 aromatic rings. The van der Waals surface area contributed by atoms with E-state index in [1.54, 1.807) is 0 Å². The molecule has 0 heterocycles. The van der Waals surface area contributed by atoms with Crippen molar-refractivity contribution in [1.82, 2.24) is 0 Å². The number of ether oxygens (including phenoxy) is 1. The Morgan fingerprint density at radius 2 is 1.77 bits per heavy atom. The van der Waals surface area contributed by atoms with E-state index in [-0.39, 0.29) is 12.8 Å². The van der Waals surface area contributed by atoms with Crippen LogP contribution in [0.4, 0.5) is 0 Å². The van der Waals surface area contributed by atoms with Gasteiger partial charge in [0.2, 0.25) is 0 Å². The number of Topliss-reactive ketones (excluding diaryl/α,β-unsaturated/α-hetero) is 1. The zero-order valence-electron chi connectivity index (χ0n) is 16.9. The quantitative estimate of drug-likeness (QED) is 0.547. The molecule has 2 nitrogen and oxygen atoms in total. The van der Waals surface area contributed by atoms with Crippen molar-refractivity contribution in [2.75, 3.05) is 6.61 Å². The Labute approximate surface area is 161 Å². The van der Waals surface area contributed by atoms with Gasteiger partial charge in [0.15, 0.2) is 0 Å². The Morgan fingerprint density at radius 3 is 2.46 bits per heavy atom. The Hall–Kier alpha value is -1.05. The summed E-state index contributed by atoms with van der Waals surface area (Å²) in [7, 11) is 0. The molecule has 0 radical (unpaired) electrons. The first-order valence-electron chi connectivity index (χ1n) is 10.6. The number of rotatable bonds is 2. The first kappa shape index (κ1) is 21.3. The zero-order chi connectivity index (χ0) is 18.2. The van der Waals surface area contributed by atoms with Crippen molar-refractivity contribution in [3.05, 3.63) is 23.5 Å². The fourth-order valence-corrected chi connectivity index (χ4v) is 6.37. The second-order valence-electron chi connectivity index (χ2n) is 8.65. The second-order valence-corrected chi connectivity index (χ2v) is 8.65. The Kier molecular flexibility index (Phi) is 6.46. The molecule has 0 N–H and O–H groups in total. The molecular formula is C24H40O2. The molecule has 0 aromatic heterocycles. The van der Waals surface area contributed by atoms with E-state index in [1.807, 2.05) is 13.8 Å². The predicted molar refractivity (Wildman–Crippen MR) is 110 cm³/mol. The number of hydrogen-bond acceptors (Lipinski definition) is 2. The van der Waals surface area contributed by atoms with Gasteiger partial charge in [0.1, 0.15) is 5.78 Å². The third-order valence-corrected chi connectivity index (χ3v) is 7.77. The lowest BCUT2D eigenvalue weighted by atomic mass is 9.49. The maximum absolute atomic E-state index is 12.4. The minimum atomic E-state index is -0.0101. The van der Waals surface area contributed by atoms with Crippen LogP contribution in [0.2, 0.25) is 0 Å². The number of allylic oxidation sites excluding steroid dienone is 4. The van der Waals surface area contributed by atoms with Crippen molar-refractivity contribution in [2.24, 2.45) is 28.6 Å². The van der Waals surface area contributed by atoms with E-state index in [2.05, 4.69) is 32.9 Å². The van der Waals surface area contributed by atoms with Gasteiger partial charge < -0.3 is 4.74 Å². The maximum atomic E-state index is 12.4. The fraction of sp³-hybridized carbons (Fsp3) is 0.792. The summed E-state index contributed by atoms with van der Waals surface area (Å²) < 4.78 is 5.79. The van der Waals surface area contributed by atoms with Gasteiger partial charge >= 0.3 is 0 Å². The summed E-state index contributed by atoms with van der Waals surface area (Å²) >= 11 is 0. The van der Waals surface area contributed by atoms with Crippen LogP contribution < -0.4 is 0 Å². The van der Waals surface area contributed by atoms with Gasteiger partial charge in [0.25, 0.3) is 0 Å². The van der Waals surface area contributed by atoms with Crippen LogP contribution in [0.25, 0.3) is 0 Å². The van der Waals surface area contributed by atoms with Gasteiger partial charge in [-0.05, 0) is 73.8 Å². The lowest BCUT2D eigenvalue weighted by molar-refractivity contribution is -0.131. The molecule has 0 amide bonds. The van der Waals surface area contributed by atoms with E-state index < -0.39 is 0 Å². The number of carbonyl (C=O) groups is 1. The van der Waals surface area contributed by atoms with E-state index in [4.69, 9.17) is 4.74 Å². The number of hydrogen-bond donors (Lipinski definition) is 0. The highest BCUT2D eigenvalue weighted by Crippen LogP contribution is 2.63. The number of fused-ring (bicyclic) bond motifs is 5. The lowest BCUT2D eigenvalue weighted by Gasteiger charge is -2.55. The van der Waals surface area contributed by atoms with E-state index in [0.29, 0.717) is 17.1 Å². The van der Waals surface area contributed by atoms with E-state index in [0.717, 1.165) is 44.1 Å². The van der Waals surface area contributed by atoms with Crippen molar-refractivity contribution in [1.29, 1.82) is 0 Å². The van der Waals surface area contributed by atoms with Crippen LogP contribution in [0.3, 0.4) is 0 Å². The van der Waals surface area contributed by atoms with Crippen molar-refractivity contribution in [3.8, 4) is 0 Å². The van der Waals surface area contributed by atoms with Gasteiger partial charge in [-0.2, -0.15) is 0 Å². The van der Waals surface area contributed by atoms with Crippen molar-refractivity contribution >= 4 is 5.78 Å². The Morgan fingerprint density at radius 1 is 1.08 bits per heavy atom. The lowest BCUT2D eigenvalue weighted by Crippen LogP contribution is -2.49. The van der Waals surface area contributed by atoms with Crippen molar-refractivity contribution in [3.63, 3.8) is 0 Å². The van der Waals surface area contributed by atoms with Gasteiger partial charge in [-0.3, -0.25) is 4.79 Å². The van der Waals surface area contributed by atoms with Gasteiger partial charge in [-0.1, -0.05) is 41.2 Å². The van der Waals surface area contributed by atoms with Gasteiger partial charge in [0, 0.05) is 18.3 Å². The van der Waals surface area contributed by atoms with Gasteiger partial charge in [0.05, 0.1) is 12.4 Å². The summed E-state index contributed by atoms with van der Waals surface area (Å²) in [4.78, 5) is 12.4. The second kappa shape index (κ2) is 7.90. The van der Waals surface area contributed by atoms with Gasteiger partial charge in [-0.25, -0.2) is 0 Å². The summed E-state index contributed by atoms with van der Waals surface area (Å²) in [5, 5.41) is 0. The van der Waals surface area contributed by atoms with Crippen molar-refractivity contribution < 1.29 is 9.53 Å². The third kappa shape index (κ3) is 3.08. The molecule has 148 valence electrons. The first-order valence-corrected chi connectivity index (χ1v) is 10.6. The van der Waals surface area contributed by atoms with Crippen LogP contribution in [-0.4, -0.2) is 12.4 Å². The standard InChI is InChI=1S/C21H30O2.C2H6.CH4/c1-4-23-15-9-11-20(2)14(13-15)5-6-16-17-7-8-19(22)21(17,3)12-10-18(16)20;1-2;/h5,13,16-18H,4,6-12H2,1-3H3;1-2H3;1H4. The summed E-state index contributed by atoms with van der Waals surface area (Å²) in [5.74, 6) is 3.82. The monoisotopic (exact) mass is 360 g/mol. The topological polar surface area (TPSA) is 26.3 Å². The molecule has 0 spiro atoms. The summed E-state index contributed by atoms with van der Waals surface area (Å²) in [5.41, 5.74) is 1.81. The van der Waals surface area contributed by atoms with Crippen LogP contribution in [-0.2, 0) is 9.53 Å². The Bertz CT molecular complexity index is 587. The molecule has 5 atom stereocenters. The molecule has 4 aliphatic carbocycles. The molecule has 5 unspecified atom stereocenters. The molecule has 0 aromatic carbocycles. The largest absolute Gasteiger partial charge is 0.498 e. The van der Waals surface area contributed by atoms with Crippen LogP contribution in [0.15, 0.2) is 23.5 Å². The van der Waals surface area contributed by atoms with E-state index >= 15 is 0 Å².